The van der Waals surface area contributed by atoms with Crippen molar-refractivity contribution >= 4 is 11.7 Å². The van der Waals surface area contributed by atoms with Crippen molar-refractivity contribution in [2.45, 2.75) is 51.7 Å². The predicted octanol–water partition coefficient (Wildman–Crippen LogP) is 0.203. The highest BCUT2D eigenvalue weighted by Gasteiger charge is 2.47. The van der Waals surface area contributed by atoms with Crippen LogP contribution in [0.5, 0.6) is 0 Å². The van der Waals surface area contributed by atoms with E-state index in [1.54, 1.807) is 6.92 Å². The van der Waals surface area contributed by atoms with Gasteiger partial charge in [0.05, 0.1) is 12.1 Å². The fourth-order valence-electron chi connectivity index (χ4n) is 1.92. The topological polar surface area (TPSA) is 77.2 Å². The molecule has 0 saturated carbocycles. The van der Waals surface area contributed by atoms with Gasteiger partial charge in [0.25, 0.3) is 0 Å². The summed E-state index contributed by atoms with van der Waals surface area (Å²) in [5.41, 5.74) is -0.598. The predicted molar refractivity (Wildman–Crippen MR) is 56.8 cm³/mol. The summed E-state index contributed by atoms with van der Waals surface area (Å²) in [7, 11) is 0. The second-order valence-electron chi connectivity index (χ2n) is 4.82. The molecule has 0 radical (unpaired) electrons. The Morgan fingerprint density at radius 2 is 2.07 bits per heavy atom. The van der Waals surface area contributed by atoms with Gasteiger partial charge >= 0.3 is 5.97 Å². The first kappa shape index (κ1) is 12.1. The molecule has 1 heterocycles. The molecule has 5 nitrogen and oxygen atoms in total. The first-order valence-electron chi connectivity index (χ1n) is 5.04. The van der Waals surface area contributed by atoms with E-state index in [4.69, 9.17) is 5.11 Å². The number of carbonyl (C=O) groups is 1. The number of nitrogens with one attached hydrogen (secondary N) is 1. The highest BCUT2D eigenvalue weighted by atomic mass is 16.5. The molecular formula is C10H18N2O3. The molecule has 0 aromatic carbocycles. The molecule has 1 aliphatic rings. The van der Waals surface area contributed by atoms with Crippen LogP contribution >= 0.6 is 0 Å². The molecular weight excluding hydrogens is 196 g/mol. The van der Waals surface area contributed by atoms with Crippen LogP contribution in [0.3, 0.4) is 0 Å². The largest absolute Gasteiger partial charge is 0.632 e. The lowest BCUT2D eigenvalue weighted by Crippen LogP contribution is -3.20. The van der Waals surface area contributed by atoms with Crippen LogP contribution in [-0.4, -0.2) is 28.0 Å². The SMILES string of the molecule is CC1=NC(C)(CCC(=O)O)[NH+]([O-])C1(C)C. The van der Waals surface area contributed by atoms with E-state index in [9.17, 15) is 10.0 Å². The lowest BCUT2D eigenvalue weighted by molar-refractivity contribution is -0.931. The van der Waals surface area contributed by atoms with Crippen molar-refractivity contribution in [2.24, 2.45) is 4.99 Å². The number of quaternary nitrogens is 1. The van der Waals surface area contributed by atoms with Crippen LogP contribution in [0.1, 0.15) is 40.5 Å². The number of rotatable bonds is 3. The van der Waals surface area contributed by atoms with E-state index >= 15 is 0 Å². The second-order valence-corrected chi connectivity index (χ2v) is 4.82. The Bertz CT molecular complexity index is 312. The molecule has 5 heteroatoms. The first-order valence-corrected chi connectivity index (χ1v) is 5.04. The monoisotopic (exact) mass is 214 g/mol. The summed E-state index contributed by atoms with van der Waals surface area (Å²) < 4.78 is 0. The fraction of sp³-hybridized carbons (Fsp3) is 0.800. The van der Waals surface area contributed by atoms with Gasteiger partial charge < -0.3 is 15.4 Å². The van der Waals surface area contributed by atoms with Crippen molar-refractivity contribution < 1.29 is 15.0 Å². The van der Waals surface area contributed by atoms with E-state index in [1.807, 2.05) is 20.8 Å². The Morgan fingerprint density at radius 1 is 1.53 bits per heavy atom. The minimum absolute atomic E-state index is 0.0188. The third-order valence-electron chi connectivity index (χ3n) is 3.20. The van der Waals surface area contributed by atoms with Crippen LogP contribution in [0.25, 0.3) is 0 Å². The van der Waals surface area contributed by atoms with Gasteiger partial charge in [-0.15, -0.1) is 0 Å². The first-order chi connectivity index (χ1) is 6.70. The molecule has 2 atom stereocenters. The van der Waals surface area contributed by atoms with Crippen LogP contribution in [0, 0.1) is 5.21 Å². The Morgan fingerprint density at radius 3 is 2.40 bits per heavy atom. The fourth-order valence-corrected chi connectivity index (χ4v) is 1.92. The van der Waals surface area contributed by atoms with Crippen molar-refractivity contribution in [2.75, 3.05) is 0 Å². The average Bonchev–Trinajstić information content (AvgIpc) is 2.26. The minimum atomic E-state index is -0.887. The molecule has 1 aliphatic heterocycles. The molecule has 2 N–H and O–H groups in total. The maximum Gasteiger partial charge on any atom is 0.303 e. The Balaban J connectivity index is 2.84. The summed E-state index contributed by atoms with van der Waals surface area (Å²) in [6.45, 7) is 7.21. The van der Waals surface area contributed by atoms with E-state index in [2.05, 4.69) is 4.99 Å². The lowest BCUT2D eigenvalue weighted by atomic mass is 9.99. The van der Waals surface area contributed by atoms with Crippen molar-refractivity contribution in [3.8, 4) is 0 Å². The quantitative estimate of drug-likeness (QED) is 0.659. The zero-order valence-electron chi connectivity index (χ0n) is 9.63. The molecule has 0 amide bonds. The Hall–Kier alpha value is -0.940. The summed E-state index contributed by atoms with van der Waals surface area (Å²) in [4.78, 5) is 14.8. The maximum absolute atomic E-state index is 12.1. The molecule has 0 spiro atoms. The molecule has 15 heavy (non-hydrogen) atoms. The zero-order chi connectivity index (χ0) is 11.9. The summed E-state index contributed by atoms with van der Waals surface area (Å²) >= 11 is 0. The van der Waals surface area contributed by atoms with Crippen molar-refractivity contribution in [1.82, 2.24) is 0 Å². The van der Waals surface area contributed by atoms with Gasteiger partial charge in [-0.2, -0.15) is 0 Å². The van der Waals surface area contributed by atoms with E-state index in [1.165, 1.54) is 0 Å². The average molecular weight is 214 g/mol. The van der Waals surface area contributed by atoms with Crippen LogP contribution in [0.15, 0.2) is 4.99 Å². The highest BCUT2D eigenvalue weighted by Crippen LogP contribution is 2.21. The number of hydroxylamine groups is 2. The normalized spacial score (nSPS) is 33.9. The summed E-state index contributed by atoms with van der Waals surface area (Å²) in [5.74, 6) is -0.887. The van der Waals surface area contributed by atoms with Crippen molar-refractivity contribution in [1.29, 1.82) is 0 Å². The lowest BCUT2D eigenvalue weighted by Gasteiger charge is -2.41. The molecule has 2 unspecified atom stereocenters. The van der Waals surface area contributed by atoms with Gasteiger partial charge in [-0.05, 0) is 20.8 Å². The van der Waals surface area contributed by atoms with Gasteiger partial charge in [-0.25, -0.2) is 4.99 Å². The van der Waals surface area contributed by atoms with Crippen molar-refractivity contribution in [3.05, 3.63) is 5.21 Å². The molecule has 86 valence electrons. The van der Waals surface area contributed by atoms with Crippen molar-refractivity contribution in [3.63, 3.8) is 0 Å². The Kier molecular flexibility index (Phi) is 2.89. The van der Waals surface area contributed by atoms with Gasteiger partial charge in [0.1, 0.15) is 5.54 Å². The smallest absolute Gasteiger partial charge is 0.303 e. The summed E-state index contributed by atoms with van der Waals surface area (Å²) in [5, 5.41) is 20.7. The maximum atomic E-state index is 12.1. The van der Waals surface area contributed by atoms with E-state index in [0.29, 0.717) is 0 Å². The number of hydrogen-bond donors (Lipinski definition) is 2. The third-order valence-corrected chi connectivity index (χ3v) is 3.20. The molecule has 1 rings (SSSR count). The Labute approximate surface area is 89.4 Å². The van der Waals surface area contributed by atoms with E-state index in [-0.39, 0.29) is 17.9 Å². The molecule has 0 fully saturated rings. The minimum Gasteiger partial charge on any atom is -0.632 e. The number of aliphatic carboxylic acids is 1. The van der Waals surface area contributed by atoms with Gasteiger partial charge in [0.15, 0.2) is 5.66 Å². The van der Waals surface area contributed by atoms with Crippen LogP contribution in [0.4, 0.5) is 0 Å². The van der Waals surface area contributed by atoms with E-state index < -0.39 is 17.2 Å². The number of carboxylic acids is 1. The second kappa shape index (κ2) is 3.57. The molecule has 0 aromatic heterocycles. The number of aliphatic imine (C=N–C) groups is 1. The van der Waals surface area contributed by atoms with Gasteiger partial charge in [0.2, 0.25) is 0 Å². The summed E-state index contributed by atoms with van der Waals surface area (Å²) in [6.07, 6.45) is 0.261. The molecule has 0 bridgehead atoms. The highest BCUT2D eigenvalue weighted by molar-refractivity contribution is 5.90. The molecule has 0 saturated heterocycles. The van der Waals surface area contributed by atoms with Gasteiger partial charge in [-0.3, -0.25) is 4.79 Å². The van der Waals surface area contributed by atoms with Crippen LogP contribution < -0.4 is 5.06 Å². The molecule has 0 aromatic rings. The number of hydrogen-bond acceptors (Lipinski definition) is 3. The summed E-state index contributed by atoms with van der Waals surface area (Å²) in [6, 6.07) is 0. The number of nitrogens with zero attached hydrogens (tertiary/aromatic N) is 1. The van der Waals surface area contributed by atoms with Gasteiger partial charge in [-0.1, -0.05) is 0 Å². The van der Waals surface area contributed by atoms with E-state index in [0.717, 1.165) is 5.71 Å². The third kappa shape index (κ3) is 2.03. The zero-order valence-corrected chi connectivity index (χ0v) is 9.63. The van der Waals surface area contributed by atoms with Crippen LogP contribution in [-0.2, 0) is 4.79 Å². The van der Waals surface area contributed by atoms with Gasteiger partial charge in [0, 0.05) is 13.3 Å². The number of carboxylic acid groups (broad SMARTS) is 1. The standard InChI is InChI=1S/C10H18N2O3/c1-7-9(2,3)12(15)10(4,11-7)6-5-8(13)14/h12H,5-6H2,1-4H3,(H,13,14). The van der Waals surface area contributed by atoms with Crippen LogP contribution in [0.2, 0.25) is 0 Å². The molecule has 0 aliphatic carbocycles.